The van der Waals surface area contributed by atoms with Crippen LogP contribution in [0.4, 0.5) is 0 Å². The quantitative estimate of drug-likeness (QED) is 0.632. The molecule has 0 bridgehead atoms. The number of hydrogen-bond acceptors (Lipinski definition) is 1. The summed E-state index contributed by atoms with van der Waals surface area (Å²) >= 11 is 0. The molecule has 0 aromatic rings. The standard InChI is InChI=1S/C8H19N.2K/c1-6-9(7(2)3)8(4)5;;/h7-8H,6H2,1-5H3;;. The third-order valence-corrected chi connectivity index (χ3v) is 1.69. The van der Waals surface area contributed by atoms with Crippen LogP contribution in [-0.2, 0) is 0 Å². The van der Waals surface area contributed by atoms with Gasteiger partial charge in [-0.05, 0) is 34.2 Å². The van der Waals surface area contributed by atoms with Crippen LogP contribution in [0.25, 0.3) is 0 Å². The molecule has 0 saturated carbocycles. The first-order valence-electron chi connectivity index (χ1n) is 3.85. The summed E-state index contributed by atoms with van der Waals surface area (Å²) in [5, 5.41) is 0. The zero-order valence-electron chi connectivity index (χ0n) is 9.31. The molecule has 0 aromatic heterocycles. The van der Waals surface area contributed by atoms with Gasteiger partial charge in [-0.25, -0.2) is 0 Å². The van der Waals surface area contributed by atoms with Crippen molar-refractivity contribution in [3.8, 4) is 0 Å². The predicted molar refractivity (Wildman–Crippen MR) is 54.2 cm³/mol. The van der Waals surface area contributed by atoms with Gasteiger partial charge in [0.1, 0.15) is 0 Å². The van der Waals surface area contributed by atoms with Gasteiger partial charge in [0.25, 0.3) is 0 Å². The fourth-order valence-corrected chi connectivity index (χ4v) is 1.33. The average molecular weight is 207 g/mol. The average Bonchev–Trinajstić information content (AvgIpc) is 1.64. The third-order valence-electron chi connectivity index (χ3n) is 1.69. The van der Waals surface area contributed by atoms with Crippen molar-refractivity contribution < 1.29 is 0 Å². The van der Waals surface area contributed by atoms with Gasteiger partial charge in [-0.3, -0.25) is 4.90 Å². The van der Waals surface area contributed by atoms with Gasteiger partial charge in [0.15, 0.2) is 0 Å². The number of nitrogens with zero attached hydrogens (tertiary/aromatic N) is 1. The summed E-state index contributed by atoms with van der Waals surface area (Å²) in [6, 6.07) is 1.38. The second-order valence-corrected chi connectivity index (χ2v) is 3.02. The van der Waals surface area contributed by atoms with Crippen LogP contribution in [0.15, 0.2) is 0 Å². The Kier molecular flexibility index (Phi) is 20.3. The van der Waals surface area contributed by atoms with Crippen molar-refractivity contribution in [2.24, 2.45) is 0 Å². The zero-order chi connectivity index (χ0) is 7.44. The predicted octanol–water partition coefficient (Wildman–Crippen LogP) is 1.36. The second-order valence-electron chi connectivity index (χ2n) is 3.02. The molecule has 0 aliphatic rings. The summed E-state index contributed by atoms with van der Waals surface area (Å²) < 4.78 is 0. The van der Waals surface area contributed by atoms with E-state index in [9.17, 15) is 0 Å². The molecule has 1 nitrogen and oxygen atoms in total. The van der Waals surface area contributed by atoms with Crippen molar-refractivity contribution in [2.75, 3.05) is 6.54 Å². The van der Waals surface area contributed by atoms with Crippen LogP contribution in [-0.4, -0.2) is 126 Å². The molecular weight excluding hydrogens is 188 g/mol. The van der Waals surface area contributed by atoms with E-state index >= 15 is 0 Å². The minimum atomic E-state index is 0. The topological polar surface area (TPSA) is 3.24 Å². The first-order valence-corrected chi connectivity index (χ1v) is 3.85. The van der Waals surface area contributed by atoms with E-state index in [-0.39, 0.29) is 103 Å². The van der Waals surface area contributed by atoms with Crippen molar-refractivity contribution in [3.05, 3.63) is 0 Å². The van der Waals surface area contributed by atoms with E-state index < -0.39 is 0 Å². The molecule has 0 rings (SSSR count). The van der Waals surface area contributed by atoms with E-state index in [1.807, 2.05) is 0 Å². The maximum atomic E-state index is 2.46. The van der Waals surface area contributed by atoms with Gasteiger partial charge in [0.2, 0.25) is 0 Å². The van der Waals surface area contributed by atoms with Gasteiger partial charge in [-0.2, -0.15) is 0 Å². The fraction of sp³-hybridized carbons (Fsp3) is 1.00. The van der Waals surface area contributed by atoms with E-state index in [1.165, 1.54) is 0 Å². The maximum absolute atomic E-state index is 2.46. The monoisotopic (exact) mass is 207 g/mol. The molecule has 0 saturated heterocycles. The molecule has 0 aliphatic heterocycles. The summed E-state index contributed by atoms with van der Waals surface area (Å²) in [5.41, 5.74) is 0. The molecule has 0 aliphatic carbocycles. The first-order chi connectivity index (χ1) is 4.09. The largest absolute Gasteiger partial charge is 0.299 e. The molecule has 0 fully saturated rings. The van der Waals surface area contributed by atoms with Crippen LogP contribution in [0.3, 0.4) is 0 Å². The smallest absolute Gasteiger partial charge is 0.00411 e. The molecule has 3 heteroatoms. The minimum Gasteiger partial charge on any atom is -0.299 e. The Balaban J connectivity index is -0.000000320. The molecule has 11 heavy (non-hydrogen) atoms. The Hall–Kier alpha value is 3.23. The van der Waals surface area contributed by atoms with Crippen LogP contribution in [0.2, 0.25) is 0 Å². The zero-order valence-corrected chi connectivity index (χ0v) is 15.6. The Morgan fingerprint density at radius 2 is 1.18 bits per heavy atom. The van der Waals surface area contributed by atoms with Gasteiger partial charge in [-0.1, -0.05) is 6.92 Å². The van der Waals surface area contributed by atoms with Crippen molar-refractivity contribution in [2.45, 2.75) is 46.7 Å². The van der Waals surface area contributed by atoms with Crippen LogP contribution in [0.1, 0.15) is 34.6 Å². The summed E-state index contributed by atoms with van der Waals surface area (Å²) in [6.45, 7) is 12.3. The van der Waals surface area contributed by atoms with Crippen LogP contribution in [0, 0.1) is 0 Å². The summed E-state index contributed by atoms with van der Waals surface area (Å²) in [5.74, 6) is 0. The van der Waals surface area contributed by atoms with Gasteiger partial charge >= 0.3 is 0 Å². The van der Waals surface area contributed by atoms with Crippen LogP contribution in [0.5, 0.6) is 0 Å². The first kappa shape index (κ1) is 19.8. The maximum Gasteiger partial charge on any atom is 0.00411 e. The molecule has 0 atom stereocenters. The van der Waals surface area contributed by atoms with Gasteiger partial charge in [0, 0.05) is 115 Å². The molecule has 0 unspecified atom stereocenters. The normalized spacial score (nSPS) is 9.82. The summed E-state index contributed by atoms with van der Waals surface area (Å²) in [7, 11) is 0. The Morgan fingerprint density at radius 1 is 0.909 bits per heavy atom. The Bertz CT molecular complexity index is 66.5. The molecule has 0 aromatic carbocycles. The Labute approximate surface area is 157 Å². The molecule has 0 amide bonds. The van der Waals surface area contributed by atoms with Gasteiger partial charge < -0.3 is 0 Å². The third kappa shape index (κ3) is 9.54. The molecule has 0 heterocycles. The van der Waals surface area contributed by atoms with Gasteiger partial charge in [0.05, 0.1) is 0 Å². The molecule has 58 valence electrons. The van der Waals surface area contributed by atoms with Crippen molar-refractivity contribution in [1.29, 1.82) is 0 Å². The van der Waals surface area contributed by atoms with Crippen molar-refractivity contribution >= 4 is 103 Å². The second kappa shape index (κ2) is 11.3. The van der Waals surface area contributed by atoms with Crippen LogP contribution < -0.4 is 0 Å². The molecule has 0 spiro atoms. The van der Waals surface area contributed by atoms with E-state index in [0.717, 1.165) is 6.54 Å². The molecule has 0 N–H and O–H groups in total. The minimum absolute atomic E-state index is 0. The fourth-order valence-electron chi connectivity index (χ4n) is 1.33. The van der Waals surface area contributed by atoms with Crippen molar-refractivity contribution in [3.63, 3.8) is 0 Å². The summed E-state index contributed by atoms with van der Waals surface area (Å²) in [4.78, 5) is 2.46. The number of hydrogen-bond donors (Lipinski definition) is 0. The van der Waals surface area contributed by atoms with E-state index in [0.29, 0.717) is 12.1 Å². The number of rotatable bonds is 3. The van der Waals surface area contributed by atoms with Crippen LogP contribution >= 0.6 is 0 Å². The van der Waals surface area contributed by atoms with E-state index in [1.54, 1.807) is 0 Å². The Morgan fingerprint density at radius 3 is 1.18 bits per heavy atom. The summed E-state index contributed by atoms with van der Waals surface area (Å²) in [6.07, 6.45) is 0. The van der Waals surface area contributed by atoms with E-state index in [2.05, 4.69) is 39.5 Å². The van der Waals surface area contributed by atoms with E-state index in [4.69, 9.17) is 0 Å². The molecular formula is C8H19K2N. The SMILES string of the molecule is CCN(C(C)C)C(C)C.[K].[K]. The van der Waals surface area contributed by atoms with Gasteiger partial charge in [-0.15, -0.1) is 0 Å². The van der Waals surface area contributed by atoms with Crippen molar-refractivity contribution in [1.82, 2.24) is 4.90 Å². The molecule has 2 radical (unpaired) electrons.